The fourth-order valence-electron chi connectivity index (χ4n) is 4.02. The summed E-state index contributed by atoms with van der Waals surface area (Å²) in [6.45, 7) is 2.61. The quantitative estimate of drug-likeness (QED) is 0.0797. The Labute approximate surface area is 214 Å². The van der Waals surface area contributed by atoms with Crippen LogP contribution in [0.1, 0.15) is 96.0 Å². The summed E-state index contributed by atoms with van der Waals surface area (Å²) in [5.74, 6) is -0.243. The van der Waals surface area contributed by atoms with Crippen LogP contribution in [0.25, 0.3) is 0 Å². The van der Waals surface area contributed by atoms with Crippen molar-refractivity contribution in [3.63, 3.8) is 0 Å². The number of ether oxygens (including phenoxy) is 1. The second-order valence-corrected chi connectivity index (χ2v) is 11.9. The maximum atomic E-state index is 12.2. The van der Waals surface area contributed by atoms with Crippen molar-refractivity contribution in [1.29, 1.82) is 0 Å². The molecule has 0 N–H and O–H groups in total. The third kappa shape index (κ3) is 14.4. The standard InChI is InChI=1S/C31H44O2Se/c1-2-3-4-5-6-7-8-9-10-11-12-17-24-30(34-29-22-18-14-19-23-29)25-26-31(32)33-27-28-20-15-13-16-21-28/h13-16,18-23,25-26,30H,2-12,17,24,27H2,1H3/b26-25+/t30-/m1/s1. The molecule has 0 aliphatic heterocycles. The summed E-state index contributed by atoms with van der Waals surface area (Å²) in [5.41, 5.74) is 1.02. The van der Waals surface area contributed by atoms with Crippen molar-refractivity contribution in [2.45, 2.75) is 102 Å². The van der Waals surface area contributed by atoms with E-state index in [1.54, 1.807) is 6.08 Å². The second kappa shape index (κ2) is 19.5. The maximum absolute atomic E-state index is 12.2. The zero-order chi connectivity index (χ0) is 24.1. The fourth-order valence-corrected chi connectivity index (χ4v) is 6.34. The molecule has 2 aromatic carbocycles. The van der Waals surface area contributed by atoms with Crippen LogP contribution >= 0.6 is 0 Å². The Morgan fingerprint density at radius 3 is 1.88 bits per heavy atom. The Hall–Kier alpha value is -1.83. The van der Waals surface area contributed by atoms with Crippen LogP contribution in [0.2, 0.25) is 4.82 Å². The number of hydrogen-bond donors (Lipinski definition) is 0. The molecule has 2 rings (SSSR count). The van der Waals surface area contributed by atoms with Gasteiger partial charge < -0.3 is 0 Å². The van der Waals surface area contributed by atoms with Gasteiger partial charge in [0.05, 0.1) is 0 Å². The van der Waals surface area contributed by atoms with E-state index in [9.17, 15) is 4.79 Å². The number of carbonyl (C=O) groups excluding carboxylic acids is 1. The van der Waals surface area contributed by atoms with Gasteiger partial charge in [-0.25, -0.2) is 0 Å². The average molecular weight is 528 g/mol. The van der Waals surface area contributed by atoms with E-state index in [0.717, 1.165) is 12.0 Å². The molecule has 0 aromatic heterocycles. The van der Waals surface area contributed by atoms with Crippen LogP contribution in [0.15, 0.2) is 72.8 Å². The number of carbonyl (C=O) groups is 1. The number of rotatable bonds is 19. The molecule has 0 fully saturated rings. The predicted octanol–water partition coefficient (Wildman–Crippen LogP) is 8.20. The van der Waals surface area contributed by atoms with Crippen LogP contribution in [-0.2, 0) is 16.1 Å². The number of allylic oxidation sites excluding steroid dienone is 1. The summed E-state index contributed by atoms with van der Waals surface area (Å²) in [5, 5.41) is 0. The van der Waals surface area contributed by atoms with E-state index in [-0.39, 0.29) is 5.97 Å². The number of esters is 1. The molecule has 0 spiro atoms. The van der Waals surface area contributed by atoms with Gasteiger partial charge in [-0.2, -0.15) is 0 Å². The van der Waals surface area contributed by atoms with Gasteiger partial charge in [-0.05, 0) is 0 Å². The van der Waals surface area contributed by atoms with Gasteiger partial charge in [0.1, 0.15) is 0 Å². The van der Waals surface area contributed by atoms with Crippen molar-refractivity contribution in [2.24, 2.45) is 0 Å². The fraction of sp³-hybridized carbons (Fsp3) is 0.516. The Balaban J connectivity index is 1.65. The van der Waals surface area contributed by atoms with E-state index in [0.29, 0.717) is 26.4 Å². The molecule has 3 heteroatoms. The third-order valence-electron chi connectivity index (χ3n) is 6.04. The Morgan fingerprint density at radius 2 is 1.29 bits per heavy atom. The van der Waals surface area contributed by atoms with Crippen LogP contribution in [0, 0.1) is 0 Å². The normalized spacial score (nSPS) is 12.1. The molecule has 0 radical (unpaired) electrons. The molecule has 0 aliphatic rings. The zero-order valence-corrected chi connectivity index (χ0v) is 22.8. The van der Waals surface area contributed by atoms with Crippen molar-refractivity contribution in [3.8, 4) is 0 Å². The number of benzene rings is 2. The molecular weight excluding hydrogens is 483 g/mol. The molecule has 0 saturated carbocycles. The van der Waals surface area contributed by atoms with E-state index in [2.05, 4.69) is 43.3 Å². The Morgan fingerprint density at radius 1 is 0.765 bits per heavy atom. The number of hydrogen-bond acceptors (Lipinski definition) is 2. The predicted molar refractivity (Wildman–Crippen MR) is 147 cm³/mol. The van der Waals surface area contributed by atoms with E-state index in [4.69, 9.17) is 4.74 Å². The van der Waals surface area contributed by atoms with Gasteiger partial charge in [-0.1, -0.05) is 19.8 Å². The van der Waals surface area contributed by atoms with Gasteiger partial charge in [-0.3, -0.25) is 0 Å². The molecule has 186 valence electrons. The van der Waals surface area contributed by atoms with E-state index in [1.165, 1.54) is 81.5 Å². The molecule has 1 atom stereocenters. The first-order valence-electron chi connectivity index (χ1n) is 13.4. The minimum absolute atomic E-state index is 0.243. The minimum atomic E-state index is -0.243. The summed E-state index contributed by atoms with van der Waals surface area (Å²) in [6.07, 6.45) is 21.3. The first-order valence-corrected chi connectivity index (χ1v) is 15.2. The SMILES string of the molecule is CCCCCCCCCCCCCC[C@H](/C=C/C(=O)OCc1ccccc1)[Se]c1ccccc1. The first kappa shape index (κ1) is 28.4. The molecule has 2 nitrogen and oxygen atoms in total. The Kier molecular flexibility index (Phi) is 16.3. The summed E-state index contributed by atoms with van der Waals surface area (Å²) < 4.78 is 6.82. The monoisotopic (exact) mass is 528 g/mol. The first-order chi connectivity index (χ1) is 16.8. The van der Waals surface area contributed by atoms with Gasteiger partial charge in [0.15, 0.2) is 0 Å². The van der Waals surface area contributed by atoms with Crippen LogP contribution < -0.4 is 4.46 Å². The third-order valence-corrected chi connectivity index (χ3v) is 8.65. The van der Waals surface area contributed by atoms with Crippen molar-refractivity contribution >= 4 is 25.4 Å². The molecule has 0 amide bonds. The van der Waals surface area contributed by atoms with Gasteiger partial charge in [0, 0.05) is 0 Å². The van der Waals surface area contributed by atoms with Gasteiger partial charge in [0.25, 0.3) is 0 Å². The zero-order valence-electron chi connectivity index (χ0n) is 21.1. The summed E-state index contributed by atoms with van der Waals surface area (Å²) in [7, 11) is 0. The molecule has 0 unspecified atom stereocenters. The van der Waals surface area contributed by atoms with Crippen LogP contribution in [-0.4, -0.2) is 20.9 Å². The molecular formula is C31H44O2Se. The van der Waals surface area contributed by atoms with Crippen molar-refractivity contribution in [2.75, 3.05) is 0 Å². The van der Waals surface area contributed by atoms with Gasteiger partial charge in [0.2, 0.25) is 0 Å². The number of unbranched alkanes of at least 4 members (excludes halogenated alkanes) is 11. The van der Waals surface area contributed by atoms with E-state index >= 15 is 0 Å². The molecule has 2 aromatic rings. The van der Waals surface area contributed by atoms with Crippen molar-refractivity contribution in [1.82, 2.24) is 0 Å². The molecule has 34 heavy (non-hydrogen) atoms. The van der Waals surface area contributed by atoms with Crippen LogP contribution in [0.5, 0.6) is 0 Å². The van der Waals surface area contributed by atoms with E-state index in [1.807, 2.05) is 30.3 Å². The second-order valence-electron chi connectivity index (χ2n) is 9.10. The van der Waals surface area contributed by atoms with Crippen LogP contribution in [0.4, 0.5) is 0 Å². The van der Waals surface area contributed by atoms with Gasteiger partial charge >= 0.3 is 195 Å². The summed E-state index contributed by atoms with van der Waals surface area (Å²) in [6, 6.07) is 20.5. The molecule has 0 bridgehead atoms. The van der Waals surface area contributed by atoms with E-state index < -0.39 is 0 Å². The average Bonchev–Trinajstić information content (AvgIpc) is 2.87. The summed E-state index contributed by atoms with van der Waals surface area (Å²) >= 11 is 0.329. The van der Waals surface area contributed by atoms with Gasteiger partial charge in [-0.15, -0.1) is 0 Å². The molecule has 0 aliphatic carbocycles. The molecule has 0 heterocycles. The summed E-state index contributed by atoms with van der Waals surface area (Å²) in [4.78, 5) is 12.7. The van der Waals surface area contributed by atoms with Crippen LogP contribution in [0.3, 0.4) is 0 Å². The van der Waals surface area contributed by atoms with Crippen molar-refractivity contribution in [3.05, 3.63) is 78.4 Å². The van der Waals surface area contributed by atoms with Crippen molar-refractivity contribution < 1.29 is 9.53 Å². The topological polar surface area (TPSA) is 26.3 Å². The molecule has 0 saturated heterocycles. The Bertz CT molecular complexity index is 773.